The van der Waals surface area contributed by atoms with Gasteiger partial charge >= 0.3 is 12.0 Å². The lowest BCUT2D eigenvalue weighted by Gasteiger charge is -2.41. The van der Waals surface area contributed by atoms with E-state index in [9.17, 15) is 9.59 Å². The minimum Gasteiger partial charge on any atom is -0.481 e. The summed E-state index contributed by atoms with van der Waals surface area (Å²) >= 11 is 0. The molecule has 1 aromatic rings. The third kappa shape index (κ3) is 3.97. The van der Waals surface area contributed by atoms with Crippen LogP contribution in [0.25, 0.3) is 0 Å². The van der Waals surface area contributed by atoms with Gasteiger partial charge in [-0.1, -0.05) is 26.0 Å². The summed E-state index contributed by atoms with van der Waals surface area (Å²) < 4.78 is 0. The molecule has 3 N–H and O–H groups in total. The van der Waals surface area contributed by atoms with Crippen molar-refractivity contribution in [3.8, 4) is 0 Å². The van der Waals surface area contributed by atoms with Gasteiger partial charge in [0.2, 0.25) is 0 Å². The number of hydrogen-bond acceptors (Lipinski definition) is 2. The molecule has 0 unspecified atom stereocenters. The van der Waals surface area contributed by atoms with Gasteiger partial charge in [-0.25, -0.2) is 4.79 Å². The van der Waals surface area contributed by atoms with Crippen molar-refractivity contribution in [2.45, 2.75) is 51.0 Å². The van der Waals surface area contributed by atoms with Crippen molar-refractivity contribution < 1.29 is 14.7 Å². The first-order valence-corrected chi connectivity index (χ1v) is 7.31. The van der Waals surface area contributed by atoms with E-state index in [2.05, 4.69) is 24.5 Å². The predicted octanol–water partition coefficient (Wildman–Crippen LogP) is 3.33. The molecule has 5 nitrogen and oxygen atoms in total. The largest absolute Gasteiger partial charge is 0.481 e. The van der Waals surface area contributed by atoms with Crippen LogP contribution in [0.5, 0.6) is 0 Å². The molecule has 0 radical (unpaired) electrons. The van der Waals surface area contributed by atoms with Crippen LogP contribution >= 0.6 is 0 Å². The number of anilines is 1. The fourth-order valence-corrected chi connectivity index (χ4v) is 2.59. The molecular formula is C16H22N2O3. The molecule has 1 aromatic carbocycles. The van der Waals surface area contributed by atoms with Crippen LogP contribution < -0.4 is 10.6 Å². The van der Waals surface area contributed by atoms with E-state index in [0.717, 1.165) is 19.3 Å². The Morgan fingerprint density at radius 1 is 1.24 bits per heavy atom. The lowest BCUT2D eigenvalue weighted by Crippen LogP contribution is -2.55. The predicted molar refractivity (Wildman–Crippen MR) is 81.5 cm³/mol. The molecular weight excluding hydrogens is 268 g/mol. The second-order valence-corrected chi connectivity index (χ2v) is 6.06. The number of carboxylic acids is 1. The van der Waals surface area contributed by atoms with Gasteiger partial charge in [-0.05, 0) is 42.9 Å². The molecule has 1 aliphatic carbocycles. The van der Waals surface area contributed by atoms with Crippen molar-refractivity contribution in [2.24, 2.45) is 0 Å². The first-order valence-electron chi connectivity index (χ1n) is 7.31. The van der Waals surface area contributed by atoms with Gasteiger partial charge in [0.05, 0.1) is 12.0 Å². The number of carbonyl (C=O) groups is 2. The Hall–Kier alpha value is -2.04. The molecule has 1 fully saturated rings. The van der Waals surface area contributed by atoms with Crippen LogP contribution in [0.3, 0.4) is 0 Å². The number of benzene rings is 1. The first kappa shape index (κ1) is 15.4. The Labute approximate surface area is 124 Å². The topological polar surface area (TPSA) is 78.4 Å². The van der Waals surface area contributed by atoms with Crippen LogP contribution in [-0.4, -0.2) is 22.6 Å². The van der Waals surface area contributed by atoms with Crippen molar-refractivity contribution in [3.05, 3.63) is 29.8 Å². The molecule has 2 amide bonds. The number of amides is 2. The molecule has 114 valence electrons. The van der Waals surface area contributed by atoms with Gasteiger partial charge in [0, 0.05) is 5.69 Å². The quantitative estimate of drug-likeness (QED) is 0.778. The number of hydrogen-bond donors (Lipinski definition) is 3. The third-order valence-electron chi connectivity index (χ3n) is 4.01. The summed E-state index contributed by atoms with van der Waals surface area (Å²) in [5.74, 6) is -0.432. The summed E-state index contributed by atoms with van der Waals surface area (Å²) in [6.07, 6.45) is 2.38. The van der Waals surface area contributed by atoms with Crippen molar-refractivity contribution in [1.29, 1.82) is 0 Å². The van der Waals surface area contributed by atoms with E-state index < -0.39 is 11.5 Å². The Morgan fingerprint density at radius 2 is 1.86 bits per heavy atom. The molecule has 0 atom stereocenters. The smallest absolute Gasteiger partial charge is 0.319 e. The summed E-state index contributed by atoms with van der Waals surface area (Å²) in [5, 5.41) is 14.5. The summed E-state index contributed by atoms with van der Waals surface area (Å²) in [5.41, 5.74) is 1.34. The molecule has 0 spiro atoms. The average molecular weight is 290 g/mol. The molecule has 0 aromatic heterocycles. The van der Waals surface area contributed by atoms with Crippen LogP contribution in [0.4, 0.5) is 10.5 Å². The highest BCUT2D eigenvalue weighted by Gasteiger charge is 2.40. The molecule has 2 rings (SSSR count). The third-order valence-corrected chi connectivity index (χ3v) is 4.01. The molecule has 0 aliphatic heterocycles. The summed E-state index contributed by atoms with van der Waals surface area (Å²) in [7, 11) is 0. The minimum atomic E-state index is -0.878. The van der Waals surface area contributed by atoms with Crippen molar-refractivity contribution >= 4 is 17.7 Å². The van der Waals surface area contributed by atoms with Crippen molar-refractivity contribution in [2.75, 3.05) is 5.32 Å². The van der Waals surface area contributed by atoms with Gasteiger partial charge in [-0.15, -0.1) is 0 Å². The Bertz CT molecular complexity index is 519. The number of rotatable bonds is 5. The molecule has 21 heavy (non-hydrogen) atoms. The molecule has 1 saturated carbocycles. The maximum Gasteiger partial charge on any atom is 0.319 e. The van der Waals surface area contributed by atoms with Gasteiger partial charge in [0.25, 0.3) is 0 Å². The van der Waals surface area contributed by atoms with E-state index in [1.165, 1.54) is 5.56 Å². The molecule has 0 bridgehead atoms. The number of carbonyl (C=O) groups excluding carboxylic acids is 1. The van der Waals surface area contributed by atoms with Gasteiger partial charge in [-0.3, -0.25) is 4.79 Å². The van der Waals surface area contributed by atoms with Crippen LogP contribution in [0.2, 0.25) is 0 Å². The molecule has 5 heteroatoms. The maximum atomic E-state index is 12.0. The van der Waals surface area contributed by atoms with Gasteiger partial charge in [-0.2, -0.15) is 0 Å². The standard InChI is InChI=1S/C16H22N2O3/c1-11(2)12-4-6-13(7-5-12)17-15(21)18-16(8-3-9-16)10-14(19)20/h4-7,11H,3,8-10H2,1-2H3,(H,19,20)(H2,17,18,21). The summed E-state index contributed by atoms with van der Waals surface area (Å²) in [6.45, 7) is 4.22. The zero-order valence-corrected chi connectivity index (χ0v) is 12.5. The van der Waals surface area contributed by atoms with E-state index in [0.29, 0.717) is 11.6 Å². The van der Waals surface area contributed by atoms with E-state index >= 15 is 0 Å². The van der Waals surface area contributed by atoms with E-state index in [1.807, 2.05) is 24.3 Å². The van der Waals surface area contributed by atoms with Crippen LogP contribution in [0, 0.1) is 0 Å². The summed E-state index contributed by atoms with van der Waals surface area (Å²) in [4.78, 5) is 22.9. The highest BCUT2D eigenvalue weighted by atomic mass is 16.4. The monoisotopic (exact) mass is 290 g/mol. The lowest BCUT2D eigenvalue weighted by molar-refractivity contribution is -0.139. The highest BCUT2D eigenvalue weighted by Crippen LogP contribution is 2.35. The van der Waals surface area contributed by atoms with E-state index in [-0.39, 0.29) is 12.5 Å². The number of aliphatic carboxylic acids is 1. The fraction of sp³-hybridized carbons (Fsp3) is 0.500. The Balaban J connectivity index is 1.93. The Kier molecular flexibility index (Phi) is 4.50. The minimum absolute atomic E-state index is 0.0211. The van der Waals surface area contributed by atoms with Crippen molar-refractivity contribution in [1.82, 2.24) is 5.32 Å². The van der Waals surface area contributed by atoms with E-state index in [1.54, 1.807) is 0 Å². The SMILES string of the molecule is CC(C)c1ccc(NC(=O)NC2(CC(=O)O)CCC2)cc1. The average Bonchev–Trinajstić information content (AvgIpc) is 2.36. The summed E-state index contributed by atoms with van der Waals surface area (Å²) in [6, 6.07) is 7.35. The van der Waals surface area contributed by atoms with Gasteiger partial charge in [0.1, 0.15) is 0 Å². The number of urea groups is 1. The van der Waals surface area contributed by atoms with Crippen molar-refractivity contribution in [3.63, 3.8) is 0 Å². The fourth-order valence-electron chi connectivity index (χ4n) is 2.59. The van der Waals surface area contributed by atoms with Crippen LogP contribution in [0.1, 0.15) is 51.0 Å². The highest BCUT2D eigenvalue weighted by molar-refractivity contribution is 5.90. The Morgan fingerprint density at radius 3 is 2.29 bits per heavy atom. The number of nitrogens with one attached hydrogen (secondary N) is 2. The zero-order valence-electron chi connectivity index (χ0n) is 12.5. The first-order chi connectivity index (χ1) is 9.90. The maximum absolute atomic E-state index is 12.0. The molecule has 0 heterocycles. The van der Waals surface area contributed by atoms with Crippen LogP contribution in [-0.2, 0) is 4.79 Å². The normalized spacial score (nSPS) is 16.1. The van der Waals surface area contributed by atoms with E-state index in [4.69, 9.17) is 5.11 Å². The molecule has 0 saturated heterocycles. The second kappa shape index (κ2) is 6.16. The second-order valence-electron chi connectivity index (χ2n) is 6.06. The number of carboxylic acid groups (broad SMARTS) is 1. The van der Waals surface area contributed by atoms with Gasteiger partial charge in [0.15, 0.2) is 0 Å². The molecule has 1 aliphatic rings. The van der Waals surface area contributed by atoms with Gasteiger partial charge < -0.3 is 15.7 Å². The lowest BCUT2D eigenvalue weighted by atomic mass is 9.74. The van der Waals surface area contributed by atoms with Crippen LogP contribution in [0.15, 0.2) is 24.3 Å². The zero-order chi connectivity index (χ0) is 15.5.